The Kier molecular flexibility index (Phi) is 5.06. The average Bonchev–Trinajstić information content (AvgIpc) is 2.90. The van der Waals surface area contributed by atoms with Crippen molar-refractivity contribution in [3.05, 3.63) is 65.7 Å². The Morgan fingerprint density at radius 1 is 1.15 bits per heavy atom. The van der Waals surface area contributed by atoms with E-state index in [2.05, 4.69) is 15.0 Å². The van der Waals surface area contributed by atoms with Crippen LogP contribution in [0.25, 0.3) is 0 Å². The number of hydrogen-bond acceptors (Lipinski definition) is 5. The fourth-order valence-electron chi connectivity index (χ4n) is 2.62. The van der Waals surface area contributed by atoms with E-state index in [-0.39, 0.29) is 17.3 Å². The maximum Gasteiger partial charge on any atom is 0.263 e. The zero-order valence-corrected chi connectivity index (χ0v) is 14.9. The van der Waals surface area contributed by atoms with Crippen molar-refractivity contribution in [2.75, 3.05) is 6.54 Å². The third kappa shape index (κ3) is 3.76. The van der Waals surface area contributed by atoms with Gasteiger partial charge in [0.05, 0.1) is 11.0 Å². The minimum atomic E-state index is -3.64. The molecule has 0 aliphatic carbocycles. The third-order valence-corrected chi connectivity index (χ3v) is 5.42. The summed E-state index contributed by atoms with van der Waals surface area (Å²) in [5.74, 6) is -0.261. The van der Waals surface area contributed by atoms with Crippen LogP contribution in [0, 0.1) is 0 Å². The number of aliphatic hydroxyl groups is 1. The molecule has 8 heteroatoms. The van der Waals surface area contributed by atoms with Gasteiger partial charge in [0.25, 0.3) is 10.0 Å². The molecule has 1 aliphatic rings. The lowest BCUT2D eigenvalue weighted by atomic mass is 10.1. The van der Waals surface area contributed by atoms with Crippen LogP contribution in [-0.2, 0) is 14.8 Å². The van der Waals surface area contributed by atoms with Gasteiger partial charge in [0.15, 0.2) is 0 Å². The maximum absolute atomic E-state index is 12.2. The van der Waals surface area contributed by atoms with Crippen LogP contribution < -0.4 is 10.0 Å². The fourth-order valence-corrected chi connectivity index (χ4v) is 3.86. The number of fused-ring (bicyclic) bond motifs is 1. The van der Waals surface area contributed by atoms with E-state index in [4.69, 9.17) is 0 Å². The van der Waals surface area contributed by atoms with Gasteiger partial charge in [-0.05, 0) is 24.6 Å². The fraction of sp³-hybridized carbons (Fsp3) is 0.222. The number of amides is 1. The number of benzene rings is 2. The highest BCUT2D eigenvalue weighted by Crippen LogP contribution is 2.22. The first-order chi connectivity index (χ1) is 12.4. The molecule has 2 atom stereocenters. The van der Waals surface area contributed by atoms with Crippen molar-refractivity contribution in [2.45, 2.75) is 24.0 Å². The van der Waals surface area contributed by atoms with Gasteiger partial charge in [-0.25, -0.2) is 8.42 Å². The summed E-state index contributed by atoms with van der Waals surface area (Å²) in [5, 5.41) is 12.7. The largest absolute Gasteiger partial charge is 0.387 e. The van der Waals surface area contributed by atoms with E-state index in [1.54, 1.807) is 49.4 Å². The molecule has 0 aromatic heterocycles. The lowest BCUT2D eigenvalue weighted by Crippen LogP contribution is -2.36. The molecular weight excluding hydrogens is 354 g/mol. The van der Waals surface area contributed by atoms with Crippen molar-refractivity contribution in [1.29, 1.82) is 0 Å². The van der Waals surface area contributed by atoms with Crippen molar-refractivity contribution in [3.8, 4) is 0 Å². The van der Waals surface area contributed by atoms with E-state index < -0.39 is 28.1 Å². The molecule has 3 rings (SSSR count). The second kappa shape index (κ2) is 7.27. The molecule has 0 spiro atoms. The highest BCUT2D eigenvalue weighted by molar-refractivity contribution is 7.90. The van der Waals surface area contributed by atoms with Gasteiger partial charge < -0.3 is 10.4 Å². The van der Waals surface area contributed by atoms with Gasteiger partial charge in [-0.2, -0.15) is 0 Å². The first-order valence-electron chi connectivity index (χ1n) is 8.09. The van der Waals surface area contributed by atoms with Crippen molar-refractivity contribution < 1.29 is 18.3 Å². The lowest BCUT2D eigenvalue weighted by molar-refractivity contribution is -0.122. The number of carbonyl (C=O) groups is 1. The Balaban J connectivity index is 1.67. The van der Waals surface area contributed by atoms with Crippen molar-refractivity contribution in [3.63, 3.8) is 0 Å². The molecule has 2 aromatic rings. The standard InChI is InChI=1S/C18H19N3O4S/c1-12(18(23)19-11-15(22)13-7-3-2-4-8-13)20-17-14-9-5-6-10-16(14)26(24,25)21-17/h2-10,12,15,22H,11H2,1H3,(H,19,23)(H,20,21)/t12-,15-/m0/s1. The van der Waals surface area contributed by atoms with Crippen LogP contribution >= 0.6 is 0 Å². The predicted molar refractivity (Wildman–Crippen MR) is 97.2 cm³/mol. The number of amidine groups is 1. The molecule has 0 bridgehead atoms. The van der Waals surface area contributed by atoms with E-state index in [0.717, 1.165) is 0 Å². The smallest absolute Gasteiger partial charge is 0.263 e. The van der Waals surface area contributed by atoms with E-state index in [9.17, 15) is 18.3 Å². The van der Waals surface area contributed by atoms with E-state index in [1.165, 1.54) is 6.07 Å². The number of rotatable bonds is 5. The summed E-state index contributed by atoms with van der Waals surface area (Å²) in [6.45, 7) is 1.60. The van der Waals surface area contributed by atoms with E-state index in [1.807, 2.05) is 6.07 Å². The van der Waals surface area contributed by atoms with E-state index >= 15 is 0 Å². The van der Waals surface area contributed by atoms with Gasteiger partial charge in [0.1, 0.15) is 11.9 Å². The van der Waals surface area contributed by atoms with Gasteiger partial charge in [0, 0.05) is 12.1 Å². The highest BCUT2D eigenvalue weighted by Gasteiger charge is 2.31. The molecular formula is C18H19N3O4S. The molecule has 0 unspecified atom stereocenters. The van der Waals surface area contributed by atoms with Crippen LogP contribution in [0.15, 0.2) is 64.5 Å². The number of aliphatic imine (C=N–C) groups is 1. The Morgan fingerprint density at radius 3 is 2.54 bits per heavy atom. The predicted octanol–water partition coefficient (Wildman–Crippen LogP) is 0.963. The summed E-state index contributed by atoms with van der Waals surface area (Å²) >= 11 is 0. The summed E-state index contributed by atoms with van der Waals surface area (Å²) in [5.41, 5.74) is 1.14. The van der Waals surface area contributed by atoms with Crippen LogP contribution in [0.5, 0.6) is 0 Å². The molecule has 1 heterocycles. The van der Waals surface area contributed by atoms with Gasteiger partial charge >= 0.3 is 0 Å². The molecule has 26 heavy (non-hydrogen) atoms. The van der Waals surface area contributed by atoms with Gasteiger partial charge in [0.2, 0.25) is 5.91 Å². The van der Waals surface area contributed by atoms with Crippen molar-refractivity contribution in [2.24, 2.45) is 4.99 Å². The number of hydrogen-bond donors (Lipinski definition) is 3. The molecule has 1 aliphatic heterocycles. The number of sulfonamides is 1. The van der Waals surface area contributed by atoms with Crippen LogP contribution in [0.2, 0.25) is 0 Å². The minimum Gasteiger partial charge on any atom is -0.387 e. The Morgan fingerprint density at radius 2 is 1.81 bits per heavy atom. The second-order valence-electron chi connectivity index (χ2n) is 5.93. The van der Waals surface area contributed by atoms with Crippen LogP contribution in [0.3, 0.4) is 0 Å². The number of nitrogens with one attached hydrogen (secondary N) is 2. The normalized spacial score (nSPS) is 18.6. The first-order valence-corrected chi connectivity index (χ1v) is 9.57. The molecule has 0 fully saturated rings. The van der Waals surface area contributed by atoms with Crippen molar-refractivity contribution >= 4 is 21.8 Å². The lowest BCUT2D eigenvalue weighted by Gasteiger charge is -2.14. The Bertz CT molecular complexity index is 942. The monoisotopic (exact) mass is 373 g/mol. The summed E-state index contributed by atoms with van der Waals surface area (Å²) < 4.78 is 26.5. The van der Waals surface area contributed by atoms with E-state index in [0.29, 0.717) is 11.1 Å². The molecule has 0 saturated carbocycles. The first kappa shape index (κ1) is 18.1. The summed E-state index contributed by atoms with van der Waals surface area (Å²) in [7, 11) is -3.64. The van der Waals surface area contributed by atoms with Gasteiger partial charge in [-0.1, -0.05) is 42.5 Å². The zero-order valence-electron chi connectivity index (χ0n) is 14.1. The minimum absolute atomic E-state index is 0.0420. The van der Waals surface area contributed by atoms with Crippen molar-refractivity contribution in [1.82, 2.24) is 10.0 Å². The van der Waals surface area contributed by atoms with Gasteiger partial charge in [-0.3, -0.25) is 14.5 Å². The van der Waals surface area contributed by atoms with Crippen LogP contribution in [0.4, 0.5) is 0 Å². The maximum atomic E-state index is 12.2. The van der Waals surface area contributed by atoms with Crippen LogP contribution in [-0.4, -0.2) is 37.9 Å². The van der Waals surface area contributed by atoms with Gasteiger partial charge in [-0.15, -0.1) is 0 Å². The summed E-state index contributed by atoms with van der Waals surface area (Å²) in [6.07, 6.45) is -0.828. The number of nitrogens with zero attached hydrogens (tertiary/aromatic N) is 1. The molecule has 0 saturated heterocycles. The second-order valence-corrected chi connectivity index (χ2v) is 7.58. The molecule has 0 radical (unpaired) electrons. The highest BCUT2D eigenvalue weighted by atomic mass is 32.2. The molecule has 1 amide bonds. The third-order valence-electron chi connectivity index (χ3n) is 4.02. The molecule has 7 nitrogen and oxygen atoms in total. The number of carbonyl (C=O) groups excluding carboxylic acids is 1. The quantitative estimate of drug-likeness (QED) is 0.725. The topological polar surface area (TPSA) is 108 Å². The molecule has 2 aromatic carbocycles. The Hall–Kier alpha value is -2.71. The summed E-state index contributed by atoms with van der Waals surface area (Å²) in [4.78, 5) is 16.6. The zero-order chi connectivity index (χ0) is 18.7. The number of aliphatic hydroxyl groups excluding tert-OH is 1. The SMILES string of the molecule is C[C@H](N=C1NS(=O)(=O)c2ccccc21)C(=O)NC[C@H](O)c1ccccc1. The Labute approximate surface area is 151 Å². The average molecular weight is 373 g/mol. The summed E-state index contributed by atoms with van der Waals surface area (Å²) in [6, 6.07) is 14.6. The molecule has 136 valence electrons. The molecule has 3 N–H and O–H groups in total. The van der Waals surface area contributed by atoms with Crippen LogP contribution in [0.1, 0.15) is 24.2 Å².